The van der Waals surface area contributed by atoms with Crippen LogP contribution in [0.4, 0.5) is 5.69 Å². The fraction of sp³-hybridized carbons (Fsp3) is 0.278. The lowest BCUT2D eigenvalue weighted by Crippen LogP contribution is -2.14. The Balaban J connectivity index is 1.63. The fourth-order valence-corrected chi connectivity index (χ4v) is 4.49. The van der Waals surface area contributed by atoms with Gasteiger partial charge in [-0.2, -0.15) is 0 Å². The first-order valence-electron chi connectivity index (χ1n) is 8.32. The SMILES string of the molecule is CCCc1cc(-c2nnc(SCC(=O)Nc3cc(Cl)ccc3Cl)n2C)cs1. The number of carbonyl (C=O) groups excluding carboxylic acids is 1. The molecule has 1 N–H and O–H groups in total. The number of rotatable bonds is 7. The van der Waals surface area contributed by atoms with Crippen molar-refractivity contribution in [2.45, 2.75) is 24.9 Å². The van der Waals surface area contributed by atoms with Crippen LogP contribution in [-0.2, 0) is 18.3 Å². The molecular formula is C18H18Cl2N4OS2. The number of thioether (sulfide) groups is 1. The highest BCUT2D eigenvalue weighted by Crippen LogP contribution is 2.28. The predicted octanol–water partition coefficient (Wildman–Crippen LogP) is 5.53. The Kier molecular flexibility index (Phi) is 6.81. The fourth-order valence-electron chi connectivity index (χ4n) is 2.48. The summed E-state index contributed by atoms with van der Waals surface area (Å²) in [6.45, 7) is 2.16. The summed E-state index contributed by atoms with van der Waals surface area (Å²) >= 11 is 15.1. The van der Waals surface area contributed by atoms with Crippen molar-refractivity contribution < 1.29 is 4.79 Å². The minimum Gasteiger partial charge on any atom is -0.324 e. The van der Waals surface area contributed by atoms with E-state index in [1.165, 1.54) is 16.6 Å². The number of nitrogens with one attached hydrogen (secondary N) is 1. The summed E-state index contributed by atoms with van der Waals surface area (Å²) in [5, 5.41) is 15.0. The van der Waals surface area contributed by atoms with Gasteiger partial charge in [0.1, 0.15) is 0 Å². The van der Waals surface area contributed by atoms with Crippen molar-refractivity contribution in [2.75, 3.05) is 11.1 Å². The Bertz CT molecular complexity index is 955. The van der Waals surface area contributed by atoms with Crippen molar-refractivity contribution in [1.82, 2.24) is 14.8 Å². The molecule has 142 valence electrons. The van der Waals surface area contributed by atoms with Crippen LogP contribution in [0.15, 0.2) is 34.8 Å². The molecule has 5 nitrogen and oxygen atoms in total. The van der Waals surface area contributed by atoms with Gasteiger partial charge in [-0.1, -0.05) is 48.3 Å². The van der Waals surface area contributed by atoms with Gasteiger partial charge in [0.05, 0.1) is 16.5 Å². The van der Waals surface area contributed by atoms with Crippen LogP contribution in [0.2, 0.25) is 10.0 Å². The van der Waals surface area contributed by atoms with Crippen molar-refractivity contribution in [2.24, 2.45) is 7.05 Å². The van der Waals surface area contributed by atoms with Crippen molar-refractivity contribution in [3.05, 3.63) is 44.6 Å². The molecule has 0 bridgehead atoms. The van der Waals surface area contributed by atoms with Gasteiger partial charge in [0.25, 0.3) is 0 Å². The van der Waals surface area contributed by atoms with Crippen molar-refractivity contribution in [3.63, 3.8) is 0 Å². The first kappa shape index (κ1) is 20.2. The molecule has 0 atom stereocenters. The summed E-state index contributed by atoms with van der Waals surface area (Å²) in [4.78, 5) is 13.6. The lowest BCUT2D eigenvalue weighted by Gasteiger charge is -2.07. The third kappa shape index (κ3) is 5.04. The minimum atomic E-state index is -0.186. The highest BCUT2D eigenvalue weighted by atomic mass is 35.5. The predicted molar refractivity (Wildman–Crippen MR) is 114 cm³/mol. The highest BCUT2D eigenvalue weighted by molar-refractivity contribution is 7.99. The van der Waals surface area contributed by atoms with Crippen LogP contribution in [-0.4, -0.2) is 26.4 Å². The van der Waals surface area contributed by atoms with E-state index < -0.39 is 0 Å². The summed E-state index contributed by atoms with van der Waals surface area (Å²) in [6.07, 6.45) is 2.18. The van der Waals surface area contributed by atoms with Crippen LogP contribution < -0.4 is 5.32 Å². The standard InChI is InChI=1S/C18H18Cl2N4OS2/c1-3-4-13-7-11(9-26-13)17-22-23-18(24(17)2)27-10-16(25)21-15-8-12(19)5-6-14(15)20/h5-9H,3-4,10H2,1-2H3,(H,21,25). The number of aromatic nitrogens is 3. The summed E-state index contributed by atoms with van der Waals surface area (Å²) in [6, 6.07) is 7.10. The third-order valence-corrected chi connectivity index (χ3v) is 6.36. The number of hydrogen-bond acceptors (Lipinski definition) is 5. The topological polar surface area (TPSA) is 59.8 Å². The second-order valence-corrected chi connectivity index (χ2v) is 8.66. The van der Waals surface area contributed by atoms with Gasteiger partial charge in [-0.3, -0.25) is 4.79 Å². The van der Waals surface area contributed by atoms with E-state index in [4.69, 9.17) is 23.2 Å². The van der Waals surface area contributed by atoms with Crippen LogP contribution in [0.5, 0.6) is 0 Å². The van der Waals surface area contributed by atoms with Gasteiger partial charge in [0.15, 0.2) is 11.0 Å². The average Bonchev–Trinajstić information content (AvgIpc) is 3.23. The molecule has 1 aromatic carbocycles. The van der Waals surface area contributed by atoms with Gasteiger partial charge in [0.2, 0.25) is 5.91 Å². The number of aryl methyl sites for hydroxylation is 1. The van der Waals surface area contributed by atoms with Crippen LogP contribution in [0.1, 0.15) is 18.2 Å². The second-order valence-electron chi connectivity index (χ2n) is 5.88. The van der Waals surface area contributed by atoms with Gasteiger partial charge in [-0.05, 0) is 30.7 Å². The highest BCUT2D eigenvalue weighted by Gasteiger charge is 2.15. The van der Waals surface area contributed by atoms with Crippen molar-refractivity contribution >= 4 is 57.9 Å². The van der Waals surface area contributed by atoms with Gasteiger partial charge < -0.3 is 9.88 Å². The van der Waals surface area contributed by atoms with E-state index >= 15 is 0 Å². The number of nitrogens with zero attached hydrogens (tertiary/aromatic N) is 3. The molecule has 0 aliphatic rings. The van der Waals surface area contributed by atoms with E-state index in [2.05, 4.69) is 33.9 Å². The maximum absolute atomic E-state index is 12.2. The number of benzene rings is 1. The Labute approximate surface area is 176 Å². The molecule has 0 saturated carbocycles. The van der Waals surface area contributed by atoms with Crippen LogP contribution in [0.3, 0.4) is 0 Å². The van der Waals surface area contributed by atoms with Gasteiger partial charge >= 0.3 is 0 Å². The van der Waals surface area contributed by atoms with Gasteiger partial charge in [0, 0.05) is 27.9 Å². The number of thiophene rings is 1. The molecule has 9 heteroatoms. The van der Waals surface area contributed by atoms with Crippen molar-refractivity contribution in [1.29, 1.82) is 0 Å². The van der Waals surface area contributed by atoms with E-state index in [9.17, 15) is 4.79 Å². The average molecular weight is 441 g/mol. The maximum atomic E-state index is 12.2. The van der Waals surface area contributed by atoms with Crippen LogP contribution >= 0.6 is 46.3 Å². The zero-order valence-electron chi connectivity index (χ0n) is 14.8. The molecular weight excluding hydrogens is 423 g/mol. The number of amides is 1. The van der Waals surface area contributed by atoms with E-state index in [1.54, 1.807) is 29.5 Å². The monoisotopic (exact) mass is 440 g/mol. The number of halogens is 2. The first-order valence-corrected chi connectivity index (χ1v) is 10.9. The van der Waals surface area contributed by atoms with Gasteiger partial charge in [-0.15, -0.1) is 21.5 Å². The molecule has 27 heavy (non-hydrogen) atoms. The maximum Gasteiger partial charge on any atom is 0.234 e. The lowest BCUT2D eigenvalue weighted by molar-refractivity contribution is -0.113. The molecule has 0 aliphatic carbocycles. The molecule has 0 radical (unpaired) electrons. The number of hydrogen-bond donors (Lipinski definition) is 1. The number of carbonyl (C=O) groups is 1. The second kappa shape index (κ2) is 9.10. The molecule has 0 aliphatic heterocycles. The Morgan fingerprint density at radius 3 is 2.89 bits per heavy atom. The number of anilines is 1. The first-order chi connectivity index (χ1) is 13.0. The summed E-state index contributed by atoms with van der Waals surface area (Å²) in [5.41, 5.74) is 1.55. The summed E-state index contributed by atoms with van der Waals surface area (Å²) < 4.78 is 1.90. The Morgan fingerprint density at radius 1 is 1.30 bits per heavy atom. The molecule has 0 saturated heterocycles. The normalized spacial score (nSPS) is 11.0. The molecule has 3 aromatic rings. The largest absolute Gasteiger partial charge is 0.324 e. The minimum absolute atomic E-state index is 0.186. The third-order valence-electron chi connectivity index (χ3n) is 3.78. The van der Waals surface area contributed by atoms with E-state index in [0.717, 1.165) is 24.2 Å². The van der Waals surface area contributed by atoms with Crippen molar-refractivity contribution in [3.8, 4) is 11.4 Å². The van der Waals surface area contributed by atoms with E-state index in [1.807, 2.05) is 11.6 Å². The zero-order chi connectivity index (χ0) is 19.4. The quantitative estimate of drug-likeness (QED) is 0.490. The molecule has 3 rings (SSSR count). The smallest absolute Gasteiger partial charge is 0.234 e. The summed E-state index contributed by atoms with van der Waals surface area (Å²) in [7, 11) is 1.90. The molecule has 2 heterocycles. The van der Waals surface area contributed by atoms with E-state index in [-0.39, 0.29) is 11.7 Å². The Hall–Kier alpha value is -1.54. The molecule has 1 amide bonds. The van der Waals surface area contributed by atoms with E-state index in [0.29, 0.717) is 20.9 Å². The lowest BCUT2D eigenvalue weighted by atomic mass is 10.2. The molecule has 0 unspecified atom stereocenters. The van der Waals surface area contributed by atoms with Gasteiger partial charge in [-0.25, -0.2) is 0 Å². The Morgan fingerprint density at radius 2 is 2.11 bits per heavy atom. The molecule has 0 spiro atoms. The molecule has 2 aromatic heterocycles. The summed E-state index contributed by atoms with van der Waals surface area (Å²) in [5.74, 6) is 0.809. The zero-order valence-corrected chi connectivity index (χ0v) is 18.0. The molecule has 0 fully saturated rings. The van der Waals surface area contributed by atoms with Crippen LogP contribution in [0.25, 0.3) is 11.4 Å². The van der Waals surface area contributed by atoms with Crippen LogP contribution in [0, 0.1) is 0 Å².